The molecule has 0 aliphatic carbocycles. The number of nitrogens with one attached hydrogen (secondary N) is 1. The van der Waals surface area contributed by atoms with E-state index in [0.29, 0.717) is 16.4 Å². The van der Waals surface area contributed by atoms with Crippen molar-refractivity contribution in [3.63, 3.8) is 0 Å². The zero-order valence-electron chi connectivity index (χ0n) is 9.83. The van der Waals surface area contributed by atoms with E-state index < -0.39 is 6.09 Å². The van der Waals surface area contributed by atoms with Crippen LogP contribution in [0, 0.1) is 0 Å². The third-order valence-corrected chi connectivity index (χ3v) is 2.63. The van der Waals surface area contributed by atoms with E-state index in [1.807, 2.05) is 11.9 Å². The predicted molar refractivity (Wildman–Crippen MR) is 71.1 cm³/mol. The van der Waals surface area contributed by atoms with Crippen LogP contribution in [0.1, 0.15) is 13.3 Å². The quantitative estimate of drug-likeness (QED) is 0.725. The first kappa shape index (κ1) is 13.4. The van der Waals surface area contributed by atoms with Gasteiger partial charge in [0, 0.05) is 13.6 Å². The molecule has 0 aromatic heterocycles. The fraction of sp³-hybridized carbons (Fsp3) is 0.364. The fourth-order valence-corrected chi connectivity index (χ4v) is 1.87. The number of benzene rings is 1. The van der Waals surface area contributed by atoms with E-state index in [2.05, 4.69) is 12.2 Å². The summed E-state index contributed by atoms with van der Waals surface area (Å²) in [7, 11) is 1.89. The van der Waals surface area contributed by atoms with Crippen LogP contribution in [-0.4, -0.2) is 24.8 Å². The van der Waals surface area contributed by atoms with Crippen LogP contribution in [0.5, 0.6) is 0 Å². The number of nitrogens with zero attached hydrogens (tertiary/aromatic N) is 1. The van der Waals surface area contributed by atoms with E-state index in [4.69, 9.17) is 22.4 Å². The van der Waals surface area contributed by atoms with Crippen LogP contribution in [-0.2, 0) is 0 Å². The van der Waals surface area contributed by atoms with Crippen molar-refractivity contribution in [3.8, 4) is 0 Å². The van der Waals surface area contributed by atoms with Crippen molar-refractivity contribution in [3.05, 3.63) is 17.2 Å². The Balaban J connectivity index is 3.09. The molecule has 0 atom stereocenters. The number of anilines is 3. The lowest BCUT2D eigenvalue weighted by molar-refractivity contribution is 0.210. The molecular weight excluding hydrogens is 242 g/mol. The Kier molecular flexibility index (Phi) is 4.45. The summed E-state index contributed by atoms with van der Waals surface area (Å²) in [5.41, 5.74) is 7.10. The van der Waals surface area contributed by atoms with Gasteiger partial charge >= 0.3 is 6.09 Å². The maximum atomic E-state index is 10.6. The summed E-state index contributed by atoms with van der Waals surface area (Å²) in [6, 6.07) is 3.19. The van der Waals surface area contributed by atoms with Crippen molar-refractivity contribution in [1.82, 2.24) is 0 Å². The van der Waals surface area contributed by atoms with Gasteiger partial charge in [-0.3, -0.25) is 5.32 Å². The molecular formula is C11H16ClN3O2. The maximum Gasteiger partial charge on any atom is 0.409 e. The van der Waals surface area contributed by atoms with Crippen LogP contribution < -0.4 is 16.0 Å². The van der Waals surface area contributed by atoms with Crippen LogP contribution in [0.15, 0.2) is 12.1 Å². The minimum atomic E-state index is -1.15. The van der Waals surface area contributed by atoms with Gasteiger partial charge in [0.15, 0.2) is 0 Å². The van der Waals surface area contributed by atoms with E-state index in [1.54, 1.807) is 12.1 Å². The lowest BCUT2D eigenvalue weighted by Gasteiger charge is -2.21. The summed E-state index contributed by atoms with van der Waals surface area (Å²) in [4.78, 5) is 12.6. The highest BCUT2D eigenvalue weighted by Crippen LogP contribution is 2.33. The van der Waals surface area contributed by atoms with Crippen LogP contribution in [0.2, 0.25) is 5.02 Å². The van der Waals surface area contributed by atoms with Crippen molar-refractivity contribution in [2.75, 3.05) is 29.5 Å². The Morgan fingerprint density at radius 2 is 2.24 bits per heavy atom. The average Bonchev–Trinajstić information content (AvgIpc) is 2.21. The van der Waals surface area contributed by atoms with E-state index >= 15 is 0 Å². The standard InChI is InChI=1S/C11H16ClN3O2/c1-3-4-15(2)10-6-9(14-11(16)17)8(13)5-7(10)12/h5-6,14H,3-4,13H2,1-2H3,(H,16,17). The molecule has 1 rings (SSSR count). The Morgan fingerprint density at radius 3 is 2.76 bits per heavy atom. The van der Waals surface area contributed by atoms with Crippen LogP contribution in [0.4, 0.5) is 21.9 Å². The van der Waals surface area contributed by atoms with Gasteiger partial charge in [0.25, 0.3) is 0 Å². The number of hydrogen-bond acceptors (Lipinski definition) is 3. The molecule has 0 radical (unpaired) electrons. The Bertz CT molecular complexity index is 423. The average molecular weight is 258 g/mol. The Labute approximate surface area is 105 Å². The van der Waals surface area contributed by atoms with Gasteiger partial charge in [-0.25, -0.2) is 4.79 Å². The largest absolute Gasteiger partial charge is 0.465 e. The first-order valence-electron chi connectivity index (χ1n) is 5.25. The monoisotopic (exact) mass is 257 g/mol. The third-order valence-electron chi connectivity index (χ3n) is 2.33. The summed E-state index contributed by atoms with van der Waals surface area (Å²) in [6.07, 6.45) is -0.179. The number of carbonyl (C=O) groups is 1. The minimum Gasteiger partial charge on any atom is -0.465 e. The van der Waals surface area contributed by atoms with E-state index in [-0.39, 0.29) is 0 Å². The zero-order chi connectivity index (χ0) is 13.0. The molecule has 1 amide bonds. The topological polar surface area (TPSA) is 78.6 Å². The van der Waals surface area contributed by atoms with Crippen molar-refractivity contribution >= 4 is 34.8 Å². The van der Waals surface area contributed by atoms with Gasteiger partial charge in [0.1, 0.15) is 0 Å². The molecule has 0 aliphatic rings. The second-order valence-electron chi connectivity index (χ2n) is 3.74. The normalized spacial score (nSPS) is 10.1. The summed E-state index contributed by atoms with van der Waals surface area (Å²) in [5.74, 6) is 0. The second-order valence-corrected chi connectivity index (χ2v) is 4.15. The Morgan fingerprint density at radius 1 is 1.59 bits per heavy atom. The molecule has 0 fully saturated rings. The first-order valence-corrected chi connectivity index (χ1v) is 5.63. The van der Waals surface area contributed by atoms with Gasteiger partial charge in [-0.1, -0.05) is 18.5 Å². The first-order chi connectivity index (χ1) is 7.95. The van der Waals surface area contributed by atoms with Crippen molar-refractivity contribution in [2.24, 2.45) is 0 Å². The van der Waals surface area contributed by atoms with Gasteiger partial charge < -0.3 is 15.7 Å². The number of nitrogen functional groups attached to an aromatic ring is 1. The van der Waals surface area contributed by atoms with Gasteiger partial charge in [0.05, 0.1) is 22.1 Å². The lowest BCUT2D eigenvalue weighted by Crippen LogP contribution is -2.19. The van der Waals surface area contributed by atoms with Crippen LogP contribution in [0.3, 0.4) is 0 Å². The van der Waals surface area contributed by atoms with Crippen molar-refractivity contribution in [2.45, 2.75) is 13.3 Å². The molecule has 0 aliphatic heterocycles. The fourth-order valence-electron chi connectivity index (χ4n) is 1.55. The molecule has 17 heavy (non-hydrogen) atoms. The molecule has 0 bridgehead atoms. The van der Waals surface area contributed by atoms with E-state index in [0.717, 1.165) is 18.7 Å². The molecule has 1 aromatic rings. The number of nitrogens with two attached hydrogens (primary N) is 1. The molecule has 5 nitrogen and oxygen atoms in total. The summed E-state index contributed by atoms with van der Waals surface area (Å²) in [6.45, 7) is 2.88. The molecule has 0 heterocycles. The highest BCUT2D eigenvalue weighted by molar-refractivity contribution is 6.33. The number of hydrogen-bond donors (Lipinski definition) is 3. The van der Waals surface area contributed by atoms with Gasteiger partial charge in [-0.05, 0) is 18.6 Å². The van der Waals surface area contributed by atoms with Crippen molar-refractivity contribution < 1.29 is 9.90 Å². The SMILES string of the molecule is CCCN(C)c1cc(NC(=O)O)c(N)cc1Cl. The van der Waals surface area contributed by atoms with Crippen molar-refractivity contribution in [1.29, 1.82) is 0 Å². The van der Waals surface area contributed by atoms with Gasteiger partial charge in [0.2, 0.25) is 0 Å². The van der Waals surface area contributed by atoms with Gasteiger partial charge in [-0.15, -0.1) is 0 Å². The molecule has 1 aromatic carbocycles. The van der Waals surface area contributed by atoms with E-state index in [1.165, 1.54) is 0 Å². The summed E-state index contributed by atoms with van der Waals surface area (Å²) >= 11 is 6.07. The molecule has 0 saturated heterocycles. The maximum absolute atomic E-state index is 10.6. The molecule has 4 N–H and O–H groups in total. The second kappa shape index (κ2) is 5.63. The highest BCUT2D eigenvalue weighted by atomic mass is 35.5. The van der Waals surface area contributed by atoms with Gasteiger partial charge in [-0.2, -0.15) is 0 Å². The predicted octanol–water partition coefficient (Wildman–Crippen LogP) is 2.86. The highest BCUT2D eigenvalue weighted by Gasteiger charge is 2.11. The van der Waals surface area contributed by atoms with Crippen LogP contribution in [0.25, 0.3) is 0 Å². The van der Waals surface area contributed by atoms with Crippen LogP contribution >= 0.6 is 11.6 Å². The molecule has 6 heteroatoms. The molecule has 0 saturated carbocycles. The zero-order valence-corrected chi connectivity index (χ0v) is 10.6. The minimum absolute atomic E-state index is 0.311. The Hall–Kier alpha value is -1.62. The molecule has 94 valence electrons. The summed E-state index contributed by atoms with van der Waals surface area (Å²) < 4.78 is 0. The number of amides is 1. The third kappa shape index (κ3) is 3.42. The summed E-state index contributed by atoms with van der Waals surface area (Å²) in [5, 5.41) is 11.4. The number of carboxylic acid groups (broad SMARTS) is 1. The smallest absolute Gasteiger partial charge is 0.409 e. The number of halogens is 1. The number of rotatable bonds is 4. The lowest BCUT2D eigenvalue weighted by atomic mass is 10.2. The molecule has 0 spiro atoms. The molecule has 0 unspecified atom stereocenters. The van der Waals surface area contributed by atoms with E-state index in [9.17, 15) is 4.79 Å².